The van der Waals surface area contributed by atoms with Crippen molar-refractivity contribution in [2.24, 2.45) is 0 Å². The van der Waals surface area contributed by atoms with Crippen LogP contribution in [0.1, 0.15) is 44.6 Å². The fraction of sp³-hybridized carbons (Fsp3) is 0.667. The van der Waals surface area contributed by atoms with Gasteiger partial charge >= 0.3 is 0 Å². The average Bonchev–Trinajstić information content (AvgIpc) is 2.94. The Morgan fingerprint density at radius 3 is 2.40 bits per heavy atom. The number of hydrogen-bond acceptors (Lipinski definition) is 2. The van der Waals surface area contributed by atoms with Crippen molar-refractivity contribution in [3.63, 3.8) is 0 Å². The highest BCUT2D eigenvalue weighted by Gasteiger charge is 2.35. The van der Waals surface area contributed by atoms with Gasteiger partial charge in [0.15, 0.2) is 0 Å². The summed E-state index contributed by atoms with van der Waals surface area (Å²) in [4.78, 5) is 2.44. The first-order chi connectivity index (χ1) is 9.62. The molecule has 1 aliphatic rings. The molecule has 0 radical (unpaired) electrons. The monoisotopic (exact) mass is 274 g/mol. The molecule has 1 aromatic rings. The van der Waals surface area contributed by atoms with Gasteiger partial charge in [-0.25, -0.2) is 0 Å². The van der Waals surface area contributed by atoms with Gasteiger partial charge in [0, 0.05) is 18.1 Å². The van der Waals surface area contributed by atoms with Gasteiger partial charge in [-0.3, -0.25) is 0 Å². The fourth-order valence-electron chi connectivity index (χ4n) is 3.31. The molecule has 0 saturated heterocycles. The highest BCUT2D eigenvalue weighted by atomic mass is 15.2. The second-order valence-corrected chi connectivity index (χ2v) is 6.63. The lowest BCUT2D eigenvalue weighted by Gasteiger charge is -2.37. The van der Waals surface area contributed by atoms with E-state index in [1.54, 1.807) is 0 Å². The van der Waals surface area contributed by atoms with Gasteiger partial charge in [0.2, 0.25) is 0 Å². The van der Waals surface area contributed by atoms with Crippen LogP contribution in [0.2, 0.25) is 0 Å². The van der Waals surface area contributed by atoms with Crippen LogP contribution in [0.25, 0.3) is 0 Å². The van der Waals surface area contributed by atoms with Crippen molar-refractivity contribution in [1.29, 1.82) is 0 Å². The van der Waals surface area contributed by atoms with Crippen LogP contribution >= 0.6 is 0 Å². The first-order valence-corrected chi connectivity index (χ1v) is 8.07. The molecular weight excluding hydrogens is 244 g/mol. The first kappa shape index (κ1) is 15.5. The Kier molecular flexibility index (Phi) is 5.62. The Labute approximate surface area is 124 Å². The maximum absolute atomic E-state index is 3.78. The molecular formula is C18H30N2. The van der Waals surface area contributed by atoms with E-state index in [1.807, 2.05) is 0 Å². The maximum atomic E-state index is 3.78. The number of aryl methyl sites for hydroxylation is 1. The standard InChI is InChI=1S/C18H30N2/c1-16(11-12-17-9-5-4-6-10-17)19-15-18(20(2)3)13-7-8-14-18/h4-6,9-10,16,19H,7-8,11-15H2,1-3H3. The van der Waals surface area contributed by atoms with Gasteiger partial charge in [-0.1, -0.05) is 43.2 Å². The molecule has 1 aliphatic carbocycles. The molecule has 2 heteroatoms. The fourth-order valence-corrected chi connectivity index (χ4v) is 3.31. The lowest BCUT2D eigenvalue weighted by Crippen LogP contribution is -2.51. The minimum Gasteiger partial charge on any atom is -0.312 e. The van der Waals surface area contributed by atoms with E-state index in [9.17, 15) is 0 Å². The zero-order valence-electron chi connectivity index (χ0n) is 13.4. The number of nitrogens with zero attached hydrogens (tertiary/aromatic N) is 1. The summed E-state index contributed by atoms with van der Waals surface area (Å²) in [5, 5.41) is 3.78. The summed E-state index contributed by atoms with van der Waals surface area (Å²) in [5.74, 6) is 0. The molecule has 0 bridgehead atoms. The van der Waals surface area contributed by atoms with Gasteiger partial charge in [-0.05, 0) is 52.3 Å². The van der Waals surface area contributed by atoms with Crippen LogP contribution in [-0.2, 0) is 6.42 Å². The van der Waals surface area contributed by atoms with Gasteiger partial charge in [-0.2, -0.15) is 0 Å². The predicted molar refractivity (Wildman–Crippen MR) is 87.1 cm³/mol. The molecule has 0 amide bonds. The van der Waals surface area contributed by atoms with Crippen molar-refractivity contribution in [1.82, 2.24) is 10.2 Å². The molecule has 1 atom stereocenters. The minimum atomic E-state index is 0.404. The highest BCUT2D eigenvalue weighted by molar-refractivity contribution is 5.14. The van der Waals surface area contributed by atoms with Crippen LogP contribution in [0.15, 0.2) is 30.3 Å². The molecule has 0 aromatic heterocycles. The van der Waals surface area contributed by atoms with E-state index in [2.05, 4.69) is 61.6 Å². The molecule has 0 heterocycles. The van der Waals surface area contributed by atoms with Gasteiger partial charge < -0.3 is 10.2 Å². The summed E-state index contributed by atoms with van der Waals surface area (Å²) < 4.78 is 0. The highest BCUT2D eigenvalue weighted by Crippen LogP contribution is 2.33. The molecule has 0 aliphatic heterocycles. The molecule has 1 saturated carbocycles. The van der Waals surface area contributed by atoms with Crippen molar-refractivity contribution < 1.29 is 0 Å². The van der Waals surface area contributed by atoms with Crippen molar-refractivity contribution in [2.45, 2.75) is 57.0 Å². The van der Waals surface area contributed by atoms with Gasteiger partial charge in [0.25, 0.3) is 0 Å². The third-order valence-electron chi connectivity index (χ3n) is 4.97. The molecule has 2 rings (SSSR count). The third kappa shape index (κ3) is 4.07. The summed E-state index contributed by atoms with van der Waals surface area (Å²) in [5.41, 5.74) is 1.85. The van der Waals surface area contributed by atoms with Crippen LogP contribution in [0.3, 0.4) is 0 Å². The number of rotatable bonds is 7. The van der Waals surface area contributed by atoms with Gasteiger partial charge in [0.05, 0.1) is 0 Å². The molecule has 1 unspecified atom stereocenters. The van der Waals surface area contributed by atoms with Crippen molar-refractivity contribution in [2.75, 3.05) is 20.6 Å². The lowest BCUT2D eigenvalue weighted by molar-refractivity contribution is 0.149. The molecule has 112 valence electrons. The number of benzene rings is 1. The van der Waals surface area contributed by atoms with Crippen LogP contribution in [0, 0.1) is 0 Å². The number of nitrogens with one attached hydrogen (secondary N) is 1. The van der Waals surface area contributed by atoms with E-state index in [1.165, 1.54) is 44.1 Å². The molecule has 1 N–H and O–H groups in total. The van der Waals surface area contributed by atoms with Crippen LogP contribution < -0.4 is 5.32 Å². The lowest BCUT2D eigenvalue weighted by atomic mass is 9.95. The first-order valence-electron chi connectivity index (χ1n) is 8.07. The van der Waals surface area contributed by atoms with Crippen molar-refractivity contribution in [3.8, 4) is 0 Å². The van der Waals surface area contributed by atoms with Crippen LogP contribution in [-0.4, -0.2) is 37.1 Å². The van der Waals surface area contributed by atoms with E-state index >= 15 is 0 Å². The second kappa shape index (κ2) is 7.24. The molecule has 1 aromatic carbocycles. The summed E-state index contributed by atoms with van der Waals surface area (Å²) in [6.45, 7) is 3.46. The smallest absolute Gasteiger partial charge is 0.0327 e. The van der Waals surface area contributed by atoms with E-state index in [-0.39, 0.29) is 0 Å². The maximum Gasteiger partial charge on any atom is 0.0327 e. The summed E-state index contributed by atoms with van der Waals surface area (Å²) in [7, 11) is 4.48. The largest absolute Gasteiger partial charge is 0.312 e. The zero-order chi connectivity index (χ0) is 14.4. The van der Waals surface area contributed by atoms with Crippen LogP contribution in [0.4, 0.5) is 0 Å². The van der Waals surface area contributed by atoms with Gasteiger partial charge in [0.1, 0.15) is 0 Å². The molecule has 1 fully saturated rings. The Bertz CT molecular complexity index is 380. The quantitative estimate of drug-likeness (QED) is 0.819. The third-order valence-corrected chi connectivity index (χ3v) is 4.97. The van der Waals surface area contributed by atoms with E-state index in [4.69, 9.17) is 0 Å². The van der Waals surface area contributed by atoms with Crippen molar-refractivity contribution in [3.05, 3.63) is 35.9 Å². The Balaban J connectivity index is 1.75. The Hall–Kier alpha value is -0.860. The molecule has 0 spiro atoms. The van der Waals surface area contributed by atoms with Crippen LogP contribution in [0.5, 0.6) is 0 Å². The van der Waals surface area contributed by atoms with E-state index in [0.717, 1.165) is 6.54 Å². The summed E-state index contributed by atoms with van der Waals surface area (Å²) in [6, 6.07) is 11.4. The second-order valence-electron chi connectivity index (χ2n) is 6.63. The van der Waals surface area contributed by atoms with Gasteiger partial charge in [-0.15, -0.1) is 0 Å². The zero-order valence-corrected chi connectivity index (χ0v) is 13.4. The van der Waals surface area contributed by atoms with E-state index in [0.29, 0.717) is 11.6 Å². The normalized spacial score (nSPS) is 19.4. The van der Waals surface area contributed by atoms with Crippen molar-refractivity contribution >= 4 is 0 Å². The predicted octanol–water partition coefficient (Wildman–Crippen LogP) is 3.47. The molecule has 20 heavy (non-hydrogen) atoms. The Morgan fingerprint density at radius 2 is 1.80 bits per heavy atom. The average molecular weight is 274 g/mol. The number of hydrogen-bond donors (Lipinski definition) is 1. The topological polar surface area (TPSA) is 15.3 Å². The summed E-state index contributed by atoms with van der Waals surface area (Å²) >= 11 is 0. The van der Waals surface area contributed by atoms with E-state index < -0.39 is 0 Å². The minimum absolute atomic E-state index is 0.404. The Morgan fingerprint density at radius 1 is 1.15 bits per heavy atom. The molecule has 2 nitrogen and oxygen atoms in total. The number of likely N-dealkylation sites (N-methyl/N-ethyl adjacent to an activating group) is 1. The summed E-state index contributed by atoms with van der Waals surface area (Å²) in [6.07, 6.45) is 7.85. The SMILES string of the molecule is CC(CCc1ccccc1)NCC1(N(C)C)CCCC1.